The van der Waals surface area contributed by atoms with E-state index in [4.69, 9.17) is 0 Å². The van der Waals surface area contributed by atoms with E-state index in [0.717, 1.165) is 31.1 Å². The molecule has 1 heterocycles. The maximum Gasteiger partial charge on any atom is 0.251 e. The minimum atomic E-state index is 0.0227. The van der Waals surface area contributed by atoms with E-state index in [2.05, 4.69) is 73.5 Å². The van der Waals surface area contributed by atoms with Crippen molar-refractivity contribution in [3.63, 3.8) is 0 Å². The number of amides is 1. The van der Waals surface area contributed by atoms with Gasteiger partial charge in [0.15, 0.2) is 0 Å². The van der Waals surface area contributed by atoms with Crippen molar-refractivity contribution in [1.29, 1.82) is 0 Å². The maximum atomic E-state index is 12.3. The summed E-state index contributed by atoms with van der Waals surface area (Å²) in [6, 6.07) is 19.2. The maximum absolute atomic E-state index is 12.3. The van der Waals surface area contributed by atoms with Crippen LogP contribution >= 0.6 is 0 Å². The minimum Gasteiger partial charge on any atom is -0.349 e. The van der Waals surface area contributed by atoms with E-state index in [-0.39, 0.29) is 11.9 Å². The first-order valence-electron chi connectivity index (χ1n) is 10.7. The molecule has 1 N–H and O–H groups in total. The van der Waals surface area contributed by atoms with Crippen LogP contribution in [0.1, 0.15) is 55.1 Å². The molecule has 28 heavy (non-hydrogen) atoms. The van der Waals surface area contributed by atoms with Crippen LogP contribution in [0.3, 0.4) is 0 Å². The Kier molecular flexibility index (Phi) is 7.27. The fraction of sp³-hybridized carbons (Fsp3) is 0.480. The van der Waals surface area contributed by atoms with Crippen LogP contribution in [0.25, 0.3) is 0 Å². The van der Waals surface area contributed by atoms with E-state index in [1.807, 2.05) is 12.1 Å². The topological polar surface area (TPSA) is 32.3 Å². The summed E-state index contributed by atoms with van der Waals surface area (Å²) in [7, 11) is 0. The summed E-state index contributed by atoms with van der Waals surface area (Å²) in [5.74, 6) is 1.26. The second kappa shape index (κ2) is 9.88. The highest BCUT2D eigenvalue weighted by Gasteiger charge is 2.19. The lowest BCUT2D eigenvalue weighted by atomic mass is 9.90. The van der Waals surface area contributed by atoms with E-state index >= 15 is 0 Å². The lowest BCUT2D eigenvalue weighted by molar-refractivity contribution is 0.0930. The molecule has 0 unspecified atom stereocenters. The Bertz CT molecular complexity index is 731. The molecule has 2 aromatic carbocycles. The third-order valence-corrected chi connectivity index (χ3v) is 6.06. The molecule has 1 fully saturated rings. The van der Waals surface area contributed by atoms with Gasteiger partial charge in [-0.25, -0.2) is 0 Å². The molecule has 0 bridgehead atoms. The first-order valence-corrected chi connectivity index (χ1v) is 10.7. The van der Waals surface area contributed by atoms with Crippen LogP contribution in [0.15, 0.2) is 54.6 Å². The van der Waals surface area contributed by atoms with Crippen molar-refractivity contribution in [3.8, 4) is 0 Å². The van der Waals surface area contributed by atoms with E-state index in [9.17, 15) is 4.79 Å². The third kappa shape index (κ3) is 5.93. The second-order valence-corrected chi connectivity index (χ2v) is 8.61. The zero-order valence-corrected chi connectivity index (χ0v) is 17.5. The summed E-state index contributed by atoms with van der Waals surface area (Å²) >= 11 is 0. The van der Waals surface area contributed by atoms with E-state index in [1.54, 1.807) is 0 Å². The Labute approximate surface area is 170 Å². The number of hydrogen-bond donors (Lipinski definition) is 1. The highest BCUT2D eigenvalue weighted by Crippen LogP contribution is 2.23. The van der Waals surface area contributed by atoms with Crippen molar-refractivity contribution in [3.05, 3.63) is 71.3 Å². The van der Waals surface area contributed by atoms with Crippen LogP contribution in [0.4, 0.5) is 0 Å². The lowest BCUT2D eigenvalue weighted by Gasteiger charge is -2.32. The van der Waals surface area contributed by atoms with Gasteiger partial charge in [-0.15, -0.1) is 0 Å². The minimum absolute atomic E-state index is 0.0227. The van der Waals surface area contributed by atoms with Crippen molar-refractivity contribution in [1.82, 2.24) is 10.2 Å². The van der Waals surface area contributed by atoms with E-state index in [1.165, 1.54) is 30.4 Å². The van der Waals surface area contributed by atoms with Crippen LogP contribution in [-0.2, 0) is 13.0 Å². The molecule has 1 atom stereocenters. The number of carbonyl (C=O) groups excluding carboxylic acids is 1. The first kappa shape index (κ1) is 20.6. The molecule has 150 valence electrons. The Morgan fingerprint density at radius 3 is 2.21 bits per heavy atom. The highest BCUT2D eigenvalue weighted by molar-refractivity contribution is 5.94. The first-order chi connectivity index (χ1) is 13.5. The van der Waals surface area contributed by atoms with E-state index < -0.39 is 0 Å². The Hall–Kier alpha value is -2.13. The van der Waals surface area contributed by atoms with Crippen molar-refractivity contribution in [2.24, 2.45) is 11.8 Å². The lowest BCUT2D eigenvalue weighted by Crippen LogP contribution is -2.36. The summed E-state index contributed by atoms with van der Waals surface area (Å²) in [5.41, 5.74) is 3.49. The largest absolute Gasteiger partial charge is 0.349 e. The molecule has 1 aliphatic heterocycles. The molecule has 1 amide bonds. The number of nitrogens with one attached hydrogen (secondary N) is 1. The molecule has 0 aliphatic carbocycles. The smallest absolute Gasteiger partial charge is 0.251 e. The molecule has 3 rings (SSSR count). The summed E-state index contributed by atoms with van der Waals surface area (Å²) < 4.78 is 0. The van der Waals surface area contributed by atoms with Gasteiger partial charge in [0.25, 0.3) is 5.91 Å². The van der Waals surface area contributed by atoms with Crippen LogP contribution in [0.2, 0.25) is 0 Å². The molecule has 0 aromatic heterocycles. The van der Waals surface area contributed by atoms with Gasteiger partial charge in [-0.05, 0) is 74.4 Å². The van der Waals surface area contributed by atoms with Gasteiger partial charge in [-0.3, -0.25) is 9.69 Å². The average Bonchev–Trinajstić information content (AvgIpc) is 2.70. The van der Waals surface area contributed by atoms with Gasteiger partial charge in [0.05, 0.1) is 0 Å². The second-order valence-electron chi connectivity index (χ2n) is 8.61. The molecule has 1 aliphatic rings. The summed E-state index contributed by atoms with van der Waals surface area (Å²) in [6.07, 6.45) is 3.73. The predicted octanol–water partition coefficient (Wildman–Crippen LogP) is 4.92. The van der Waals surface area contributed by atoms with Gasteiger partial charge in [0.2, 0.25) is 0 Å². The number of likely N-dealkylation sites (tertiary alicyclic amines) is 1. The number of carbonyl (C=O) groups is 1. The SMILES string of the molecule is CC(C)[C@H](C)NC(=O)c1ccc(CN2CCC(Cc3ccccc3)CC2)cc1. The molecule has 2 aromatic rings. The molecule has 1 saturated heterocycles. The van der Waals surface area contributed by atoms with Gasteiger partial charge < -0.3 is 5.32 Å². The van der Waals surface area contributed by atoms with Crippen molar-refractivity contribution >= 4 is 5.91 Å². The van der Waals surface area contributed by atoms with Gasteiger partial charge in [0.1, 0.15) is 0 Å². The van der Waals surface area contributed by atoms with Crippen molar-refractivity contribution in [2.45, 2.75) is 52.6 Å². The monoisotopic (exact) mass is 378 g/mol. The number of benzene rings is 2. The Balaban J connectivity index is 1.45. The average molecular weight is 379 g/mol. The molecule has 3 heteroatoms. The summed E-state index contributed by atoms with van der Waals surface area (Å²) in [5, 5.41) is 3.07. The van der Waals surface area contributed by atoms with Crippen molar-refractivity contribution < 1.29 is 4.79 Å². The fourth-order valence-corrected chi connectivity index (χ4v) is 3.77. The summed E-state index contributed by atoms with van der Waals surface area (Å²) in [4.78, 5) is 14.9. The van der Waals surface area contributed by atoms with Crippen molar-refractivity contribution in [2.75, 3.05) is 13.1 Å². The van der Waals surface area contributed by atoms with Crippen LogP contribution in [0.5, 0.6) is 0 Å². The Morgan fingerprint density at radius 1 is 0.964 bits per heavy atom. The highest BCUT2D eigenvalue weighted by atomic mass is 16.1. The van der Waals surface area contributed by atoms with Gasteiger partial charge in [0, 0.05) is 18.2 Å². The quantitative estimate of drug-likeness (QED) is 0.742. The number of hydrogen-bond acceptors (Lipinski definition) is 2. The molecule has 0 spiro atoms. The van der Waals surface area contributed by atoms with E-state index in [0.29, 0.717) is 5.92 Å². The Morgan fingerprint density at radius 2 is 1.61 bits per heavy atom. The zero-order valence-electron chi connectivity index (χ0n) is 17.5. The van der Waals surface area contributed by atoms with Gasteiger partial charge in [-0.1, -0.05) is 56.3 Å². The number of piperidine rings is 1. The third-order valence-electron chi connectivity index (χ3n) is 6.06. The van der Waals surface area contributed by atoms with Gasteiger partial charge in [-0.2, -0.15) is 0 Å². The van der Waals surface area contributed by atoms with Crippen LogP contribution < -0.4 is 5.32 Å². The zero-order chi connectivity index (χ0) is 19.9. The predicted molar refractivity (Wildman–Crippen MR) is 116 cm³/mol. The molecule has 0 radical (unpaired) electrons. The molecule has 0 saturated carbocycles. The molecular formula is C25H34N2O. The van der Waals surface area contributed by atoms with Gasteiger partial charge >= 0.3 is 0 Å². The normalized spacial score (nSPS) is 16.9. The number of nitrogens with zero attached hydrogens (tertiary/aromatic N) is 1. The molecular weight excluding hydrogens is 344 g/mol. The van der Waals surface area contributed by atoms with Crippen LogP contribution in [-0.4, -0.2) is 29.9 Å². The summed E-state index contributed by atoms with van der Waals surface area (Å²) in [6.45, 7) is 9.59. The fourth-order valence-electron chi connectivity index (χ4n) is 3.77. The molecule has 3 nitrogen and oxygen atoms in total. The van der Waals surface area contributed by atoms with Crippen LogP contribution in [0, 0.1) is 11.8 Å². The number of rotatable bonds is 7. The standard InChI is InChI=1S/C25H34N2O/c1-19(2)20(3)26-25(28)24-11-9-23(10-12-24)18-27-15-13-22(14-16-27)17-21-7-5-4-6-8-21/h4-12,19-20,22H,13-18H2,1-3H3,(H,26,28)/t20-/m0/s1.